The lowest BCUT2D eigenvalue weighted by atomic mass is 9.90. The maximum absolute atomic E-state index is 14.3. The molecule has 1 N–H and O–H groups in total. The lowest BCUT2D eigenvalue weighted by Crippen LogP contribution is -1.90. The van der Waals surface area contributed by atoms with Crippen molar-refractivity contribution in [1.29, 1.82) is 0 Å². The zero-order valence-corrected chi connectivity index (χ0v) is 12.9. The molecule has 0 aliphatic rings. The molecule has 0 saturated carbocycles. The molecule has 0 atom stereocenters. The zero-order chi connectivity index (χ0) is 16.5. The molecule has 0 saturated heterocycles. The number of phenolic OH excluding ortho intramolecular Hbond substituents is 1. The van der Waals surface area contributed by atoms with Gasteiger partial charge in [-0.25, -0.2) is 4.39 Å². The van der Waals surface area contributed by atoms with E-state index >= 15 is 0 Å². The van der Waals surface area contributed by atoms with Crippen molar-refractivity contribution in [3.05, 3.63) is 90.7 Å². The Balaban J connectivity index is 2.14. The van der Waals surface area contributed by atoms with Crippen LogP contribution in [0.25, 0.3) is 33.0 Å². The van der Waals surface area contributed by atoms with Gasteiger partial charge in [0.15, 0.2) is 0 Å². The van der Waals surface area contributed by atoms with Crippen LogP contribution in [0.3, 0.4) is 0 Å². The lowest BCUT2D eigenvalue weighted by molar-refractivity contribution is 0.483. The van der Waals surface area contributed by atoms with Crippen LogP contribution in [0, 0.1) is 5.82 Å². The summed E-state index contributed by atoms with van der Waals surface area (Å²) in [5.41, 5.74) is 3.38. The van der Waals surface area contributed by atoms with Gasteiger partial charge in [-0.3, -0.25) is 0 Å². The highest BCUT2D eigenvalue weighted by atomic mass is 19.1. The quantitative estimate of drug-likeness (QED) is 0.480. The third-order valence-corrected chi connectivity index (χ3v) is 4.25. The Morgan fingerprint density at radius 2 is 1.25 bits per heavy atom. The molecule has 0 unspecified atom stereocenters. The second-order valence-corrected chi connectivity index (χ2v) is 5.71. The van der Waals surface area contributed by atoms with Gasteiger partial charge in [0, 0.05) is 16.3 Å². The van der Waals surface area contributed by atoms with E-state index in [0.29, 0.717) is 10.8 Å². The van der Waals surface area contributed by atoms with Crippen LogP contribution in [0.5, 0.6) is 5.75 Å². The van der Waals surface area contributed by atoms with Crippen molar-refractivity contribution < 1.29 is 9.50 Å². The summed E-state index contributed by atoms with van der Waals surface area (Å²) in [6.45, 7) is 0. The number of phenols is 1. The third kappa shape index (κ3) is 2.33. The molecule has 0 heterocycles. The summed E-state index contributed by atoms with van der Waals surface area (Å²) in [4.78, 5) is 0. The van der Waals surface area contributed by atoms with Crippen molar-refractivity contribution in [2.75, 3.05) is 0 Å². The molecule has 0 radical (unpaired) electrons. The van der Waals surface area contributed by atoms with Gasteiger partial charge in [0.1, 0.15) is 11.6 Å². The Hall–Kier alpha value is -3.13. The fourth-order valence-corrected chi connectivity index (χ4v) is 3.11. The highest BCUT2D eigenvalue weighted by molar-refractivity contribution is 6.02. The van der Waals surface area contributed by atoms with Crippen LogP contribution >= 0.6 is 0 Å². The molecule has 24 heavy (non-hydrogen) atoms. The molecule has 4 aromatic rings. The average molecular weight is 314 g/mol. The Bertz CT molecular complexity index is 1010. The minimum absolute atomic E-state index is 0.108. The number of benzene rings is 4. The SMILES string of the molecule is Oc1c(-c2ccccc2)c(-c2ccccc2)cc2c(F)cccc12. The molecule has 0 aliphatic heterocycles. The molecular weight excluding hydrogens is 299 g/mol. The standard InChI is InChI=1S/C22H15FO/c23-20-13-7-12-17-19(20)14-18(15-8-3-1-4-9-15)21(22(17)24)16-10-5-2-6-11-16/h1-14,24H. The van der Waals surface area contributed by atoms with E-state index in [9.17, 15) is 9.50 Å². The topological polar surface area (TPSA) is 20.2 Å². The largest absolute Gasteiger partial charge is 0.507 e. The van der Waals surface area contributed by atoms with Crippen molar-refractivity contribution >= 4 is 10.8 Å². The van der Waals surface area contributed by atoms with Gasteiger partial charge in [0.25, 0.3) is 0 Å². The van der Waals surface area contributed by atoms with Crippen LogP contribution in [-0.4, -0.2) is 5.11 Å². The number of rotatable bonds is 2. The predicted molar refractivity (Wildman–Crippen MR) is 96.4 cm³/mol. The summed E-state index contributed by atoms with van der Waals surface area (Å²) in [6, 6.07) is 26.0. The predicted octanol–water partition coefficient (Wildman–Crippen LogP) is 6.02. The summed E-state index contributed by atoms with van der Waals surface area (Å²) in [5, 5.41) is 11.8. The Morgan fingerprint density at radius 3 is 1.92 bits per heavy atom. The maximum Gasteiger partial charge on any atom is 0.131 e. The van der Waals surface area contributed by atoms with Crippen molar-refractivity contribution in [1.82, 2.24) is 0 Å². The second-order valence-electron chi connectivity index (χ2n) is 5.71. The molecule has 0 aliphatic carbocycles. The first-order valence-corrected chi connectivity index (χ1v) is 7.81. The van der Waals surface area contributed by atoms with E-state index in [1.807, 2.05) is 66.7 Å². The number of hydrogen-bond acceptors (Lipinski definition) is 1. The molecule has 1 nitrogen and oxygen atoms in total. The van der Waals surface area contributed by atoms with E-state index in [-0.39, 0.29) is 11.6 Å². The van der Waals surface area contributed by atoms with Gasteiger partial charge in [-0.05, 0) is 28.8 Å². The monoisotopic (exact) mass is 314 g/mol. The van der Waals surface area contributed by atoms with Gasteiger partial charge >= 0.3 is 0 Å². The van der Waals surface area contributed by atoms with Crippen LogP contribution < -0.4 is 0 Å². The van der Waals surface area contributed by atoms with Crippen molar-refractivity contribution in [3.8, 4) is 28.0 Å². The van der Waals surface area contributed by atoms with E-state index in [4.69, 9.17) is 0 Å². The third-order valence-electron chi connectivity index (χ3n) is 4.25. The molecule has 0 spiro atoms. The summed E-state index contributed by atoms with van der Waals surface area (Å²) in [7, 11) is 0. The van der Waals surface area contributed by atoms with E-state index < -0.39 is 0 Å². The molecule has 0 fully saturated rings. The van der Waals surface area contributed by atoms with E-state index in [1.165, 1.54) is 6.07 Å². The van der Waals surface area contributed by atoms with Gasteiger partial charge in [-0.15, -0.1) is 0 Å². The van der Waals surface area contributed by atoms with Gasteiger partial charge in [0.05, 0.1) is 0 Å². The smallest absolute Gasteiger partial charge is 0.131 e. The number of halogens is 1. The minimum Gasteiger partial charge on any atom is -0.507 e. The number of aromatic hydroxyl groups is 1. The van der Waals surface area contributed by atoms with Crippen LogP contribution in [0.2, 0.25) is 0 Å². The number of hydrogen-bond donors (Lipinski definition) is 1. The first kappa shape index (κ1) is 14.5. The number of fused-ring (bicyclic) bond motifs is 1. The van der Waals surface area contributed by atoms with Gasteiger partial charge < -0.3 is 5.11 Å². The first-order valence-electron chi connectivity index (χ1n) is 7.81. The van der Waals surface area contributed by atoms with Crippen molar-refractivity contribution in [3.63, 3.8) is 0 Å². The molecular formula is C22H15FO. The molecule has 4 aromatic carbocycles. The Labute approximate surface area is 139 Å². The van der Waals surface area contributed by atoms with E-state index in [2.05, 4.69) is 0 Å². The van der Waals surface area contributed by atoms with E-state index in [0.717, 1.165) is 22.3 Å². The van der Waals surface area contributed by atoms with Crippen molar-refractivity contribution in [2.45, 2.75) is 0 Å². The van der Waals surface area contributed by atoms with Gasteiger partial charge in [-0.1, -0.05) is 72.8 Å². The summed E-state index contributed by atoms with van der Waals surface area (Å²) >= 11 is 0. The molecule has 0 bridgehead atoms. The Morgan fingerprint density at radius 1 is 0.625 bits per heavy atom. The fourth-order valence-electron chi connectivity index (χ4n) is 3.11. The van der Waals surface area contributed by atoms with Crippen LogP contribution in [0.1, 0.15) is 0 Å². The average Bonchev–Trinajstić information content (AvgIpc) is 2.64. The highest BCUT2D eigenvalue weighted by Crippen LogP contribution is 2.44. The second kappa shape index (κ2) is 5.82. The molecule has 2 heteroatoms. The first-order chi connectivity index (χ1) is 11.8. The molecule has 116 valence electrons. The zero-order valence-electron chi connectivity index (χ0n) is 12.9. The van der Waals surface area contributed by atoms with Crippen LogP contribution in [0.4, 0.5) is 4.39 Å². The van der Waals surface area contributed by atoms with Crippen molar-refractivity contribution in [2.24, 2.45) is 0 Å². The van der Waals surface area contributed by atoms with Crippen LogP contribution in [0.15, 0.2) is 84.9 Å². The molecule has 0 amide bonds. The maximum atomic E-state index is 14.3. The van der Waals surface area contributed by atoms with Gasteiger partial charge in [-0.2, -0.15) is 0 Å². The summed E-state index contributed by atoms with van der Waals surface area (Å²) in [6.07, 6.45) is 0. The van der Waals surface area contributed by atoms with Gasteiger partial charge in [0.2, 0.25) is 0 Å². The normalized spacial score (nSPS) is 10.9. The highest BCUT2D eigenvalue weighted by Gasteiger charge is 2.17. The summed E-state index contributed by atoms with van der Waals surface area (Å²) in [5.74, 6) is -0.225. The van der Waals surface area contributed by atoms with E-state index in [1.54, 1.807) is 12.1 Å². The molecule has 4 rings (SSSR count). The minimum atomic E-state index is -0.334. The fraction of sp³-hybridized carbons (Fsp3) is 0. The lowest BCUT2D eigenvalue weighted by Gasteiger charge is -2.15. The molecule has 0 aromatic heterocycles. The van der Waals surface area contributed by atoms with Crippen LogP contribution in [-0.2, 0) is 0 Å². The Kier molecular flexibility index (Phi) is 3.51. The summed E-state index contributed by atoms with van der Waals surface area (Å²) < 4.78 is 14.3.